The lowest BCUT2D eigenvalue weighted by Crippen LogP contribution is -2.20. The average molecular weight is 165 g/mol. The Morgan fingerprint density at radius 2 is 1.18 bits per heavy atom. The van der Waals surface area contributed by atoms with Crippen LogP contribution in [0.4, 0.5) is 0 Å². The van der Waals surface area contributed by atoms with Crippen molar-refractivity contribution in [3.8, 4) is 0 Å². The first-order valence-corrected chi connectivity index (χ1v) is 2.98. The number of nitrogens with one attached hydrogen (secondary N) is 1. The van der Waals surface area contributed by atoms with E-state index in [4.69, 9.17) is 14.9 Å². The van der Waals surface area contributed by atoms with E-state index in [1.807, 2.05) is 0 Å². The summed E-state index contributed by atoms with van der Waals surface area (Å²) < 4.78 is 9.89. The molecule has 0 aliphatic carbocycles. The molecule has 1 aliphatic heterocycles. The predicted molar refractivity (Wildman–Crippen MR) is 41.4 cm³/mol. The van der Waals surface area contributed by atoms with E-state index < -0.39 is 0 Å². The van der Waals surface area contributed by atoms with E-state index in [0.717, 1.165) is 26.4 Å². The van der Waals surface area contributed by atoms with Gasteiger partial charge in [0.25, 0.3) is 0 Å². The van der Waals surface area contributed by atoms with Crippen LogP contribution in [-0.2, 0) is 9.47 Å². The van der Waals surface area contributed by atoms with Crippen LogP contribution >= 0.6 is 0 Å². The van der Waals surface area contributed by atoms with Crippen LogP contribution in [0.5, 0.6) is 0 Å². The third kappa shape index (κ3) is 17.6. The fourth-order valence-corrected chi connectivity index (χ4v) is 0.440. The molecule has 0 spiro atoms. The second-order valence-corrected chi connectivity index (χ2v) is 1.68. The highest BCUT2D eigenvalue weighted by atomic mass is 16.6. The Labute approximate surface area is 65.3 Å². The largest absolute Gasteiger partial charge is 0.412 e. The molecule has 1 saturated heterocycles. The standard InChI is InChI=1S/C4H8O2.CH5N3.H2O/c1-2-6-4-3-5-1;2-1(3)4;/h1-4H2;(H5,2,3,4);1H2. The maximum atomic E-state index is 6.06. The van der Waals surface area contributed by atoms with Crippen molar-refractivity contribution in [3.05, 3.63) is 0 Å². The maximum Gasteiger partial charge on any atom is 0.183 e. The first-order chi connectivity index (χ1) is 4.73. The van der Waals surface area contributed by atoms with Crippen LogP contribution in [0.25, 0.3) is 0 Å². The van der Waals surface area contributed by atoms with Crippen molar-refractivity contribution >= 4 is 5.96 Å². The van der Waals surface area contributed by atoms with Crippen molar-refractivity contribution in [2.24, 2.45) is 11.5 Å². The second-order valence-electron chi connectivity index (χ2n) is 1.68. The molecule has 0 saturated carbocycles. The fourth-order valence-electron chi connectivity index (χ4n) is 0.440. The maximum absolute atomic E-state index is 6.06. The molecule has 0 amide bonds. The molecule has 11 heavy (non-hydrogen) atoms. The monoisotopic (exact) mass is 165 g/mol. The van der Waals surface area contributed by atoms with Gasteiger partial charge in [-0.3, -0.25) is 5.41 Å². The fraction of sp³-hybridized carbons (Fsp3) is 0.800. The molecule has 6 heteroatoms. The van der Waals surface area contributed by atoms with Crippen molar-refractivity contribution in [2.75, 3.05) is 26.4 Å². The minimum atomic E-state index is -0.333. The van der Waals surface area contributed by atoms with Crippen molar-refractivity contribution in [3.63, 3.8) is 0 Å². The Balaban J connectivity index is 0. The third-order valence-electron chi connectivity index (χ3n) is 0.744. The summed E-state index contributed by atoms with van der Waals surface area (Å²) in [5, 5.41) is 6.06. The third-order valence-corrected chi connectivity index (χ3v) is 0.744. The van der Waals surface area contributed by atoms with Crippen molar-refractivity contribution in [1.82, 2.24) is 0 Å². The molecule has 0 aromatic rings. The Hall–Kier alpha value is -0.850. The van der Waals surface area contributed by atoms with Gasteiger partial charge in [0, 0.05) is 0 Å². The van der Waals surface area contributed by atoms with Crippen LogP contribution in [0.1, 0.15) is 0 Å². The smallest absolute Gasteiger partial charge is 0.183 e. The average Bonchev–Trinajstić information content (AvgIpc) is 1.90. The summed E-state index contributed by atoms with van der Waals surface area (Å²) in [5.74, 6) is -0.333. The lowest BCUT2D eigenvalue weighted by atomic mass is 10.6. The van der Waals surface area contributed by atoms with E-state index >= 15 is 0 Å². The van der Waals surface area contributed by atoms with Gasteiger partial charge >= 0.3 is 0 Å². The van der Waals surface area contributed by atoms with Crippen LogP contribution in [0.3, 0.4) is 0 Å². The number of guanidine groups is 1. The van der Waals surface area contributed by atoms with Gasteiger partial charge in [-0.2, -0.15) is 0 Å². The van der Waals surface area contributed by atoms with Crippen LogP contribution in [0.2, 0.25) is 0 Å². The van der Waals surface area contributed by atoms with Crippen molar-refractivity contribution in [2.45, 2.75) is 0 Å². The van der Waals surface area contributed by atoms with Gasteiger partial charge in [-0.15, -0.1) is 0 Å². The first-order valence-electron chi connectivity index (χ1n) is 2.98. The van der Waals surface area contributed by atoms with Gasteiger partial charge in [0.05, 0.1) is 26.4 Å². The molecule has 0 unspecified atom stereocenters. The minimum Gasteiger partial charge on any atom is -0.412 e. The topological polar surface area (TPSA) is 126 Å². The molecule has 68 valence electrons. The first kappa shape index (κ1) is 12.8. The highest BCUT2D eigenvalue weighted by Gasteiger charge is 1.94. The number of hydrogen-bond acceptors (Lipinski definition) is 3. The Kier molecular flexibility index (Phi) is 10.6. The summed E-state index contributed by atoms with van der Waals surface area (Å²) in [6.07, 6.45) is 0. The van der Waals surface area contributed by atoms with Gasteiger partial charge in [0.2, 0.25) is 0 Å². The summed E-state index contributed by atoms with van der Waals surface area (Å²) >= 11 is 0. The molecule has 1 fully saturated rings. The van der Waals surface area contributed by atoms with Crippen molar-refractivity contribution in [1.29, 1.82) is 5.41 Å². The van der Waals surface area contributed by atoms with E-state index in [1.165, 1.54) is 0 Å². The molecule has 6 nitrogen and oxygen atoms in total. The van der Waals surface area contributed by atoms with Gasteiger partial charge < -0.3 is 26.4 Å². The number of ether oxygens (including phenoxy) is 2. The zero-order chi connectivity index (χ0) is 7.82. The molecular weight excluding hydrogens is 150 g/mol. The van der Waals surface area contributed by atoms with E-state index in [9.17, 15) is 0 Å². The van der Waals surface area contributed by atoms with E-state index in [1.54, 1.807) is 0 Å². The van der Waals surface area contributed by atoms with E-state index in [-0.39, 0.29) is 11.4 Å². The SMILES string of the molecule is C1COCCO1.N=C(N)N.O. The Bertz CT molecular complexity index is 79.5. The van der Waals surface area contributed by atoms with Crippen LogP contribution < -0.4 is 11.5 Å². The molecule has 0 bridgehead atoms. The highest BCUT2D eigenvalue weighted by molar-refractivity contribution is 5.71. The van der Waals surface area contributed by atoms with Gasteiger partial charge in [-0.25, -0.2) is 0 Å². The van der Waals surface area contributed by atoms with Crippen LogP contribution in [0.15, 0.2) is 0 Å². The van der Waals surface area contributed by atoms with Gasteiger partial charge in [0.1, 0.15) is 0 Å². The molecule has 1 rings (SSSR count). The number of nitrogens with two attached hydrogens (primary N) is 2. The van der Waals surface area contributed by atoms with E-state index in [2.05, 4.69) is 11.5 Å². The molecule has 0 aromatic carbocycles. The van der Waals surface area contributed by atoms with Gasteiger partial charge in [-0.05, 0) is 0 Å². The lowest BCUT2D eigenvalue weighted by molar-refractivity contribution is -0.0334. The molecule has 0 atom stereocenters. The summed E-state index contributed by atoms with van der Waals surface area (Å²) in [4.78, 5) is 0. The summed E-state index contributed by atoms with van der Waals surface area (Å²) in [6, 6.07) is 0. The second kappa shape index (κ2) is 9.15. The van der Waals surface area contributed by atoms with Crippen molar-refractivity contribution < 1.29 is 14.9 Å². The summed E-state index contributed by atoms with van der Waals surface area (Å²) in [6.45, 7) is 3.11. The molecule has 1 aliphatic rings. The molecule has 0 aromatic heterocycles. The lowest BCUT2D eigenvalue weighted by Gasteiger charge is -2.09. The van der Waals surface area contributed by atoms with E-state index in [0.29, 0.717) is 0 Å². The Morgan fingerprint density at radius 3 is 1.27 bits per heavy atom. The Morgan fingerprint density at radius 1 is 1.00 bits per heavy atom. The van der Waals surface area contributed by atoms with Crippen LogP contribution in [-0.4, -0.2) is 37.9 Å². The quantitative estimate of drug-likeness (QED) is 0.285. The zero-order valence-electron chi connectivity index (χ0n) is 6.30. The molecule has 1 heterocycles. The minimum absolute atomic E-state index is 0. The highest BCUT2D eigenvalue weighted by Crippen LogP contribution is 1.85. The number of hydrogen-bond donors (Lipinski definition) is 3. The normalized spacial score (nSPS) is 15.3. The van der Waals surface area contributed by atoms with Crippen LogP contribution in [0, 0.1) is 5.41 Å². The molecular formula is C5H15N3O3. The molecule has 0 radical (unpaired) electrons. The zero-order valence-corrected chi connectivity index (χ0v) is 6.30. The predicted octanol–water partition coefficient (Wildman–Crippen LogP) is -1.95. The van der Waals surface area contributed by atoms with Gasteiger partial charge in [-0.1, -0.05) is 0 Å². The van der Waals surface area contributed by atoms with Gasteiger partial charge in [0.15, 0.2) is 5.96 Å². The molecule has 7 N–H and O–H groups in total. The summed E-state index contributed by atoms with van der Waals surface area (Å²) in [5.41, 5.74) is 8.94. The number of rotatable bonds is 0. The summed E-state index contributed by atoms with van der Waals surface area (Å²) in [7, 11) is 0.